The van der Waals surface area contributed by atoms with Gasteiger partial charge in [-0.2, -0.15) is 5.06 Å². The molecule has 58 valence electrons. The molecule has 2 unspecified atom stereocenters. The number of hydrogen-bond donors (Lipinski definition) is 1. The van der Waals surface area contributed by atoms with Crippen molar-refractivity contribution >= 4 is 6.16 Å². The molecular weight excluding hydrogens is 138 g/mol. The molecule has 0 amide bonds. The van der Waals surface area contributed by atoms with E-state index in [1.54, 1.807) is 6.92 Å². The molecule has 0 radical (unpaired) electrons. The van der Waals surface area contributed by atoms with Gasteiger partial charge in [-0.05, 0) is 6.92 Å². The van der Waals surface area contributed by atoms with Gasteiger partial charge in [-0.15, -0.1) is 0 Å². The van der Waals surface area contributed by atoms with Crippen molar-refractivity contribution in [2.45, 2.75) is 19.3 Å². The first-order chi connectivity index (χ1) is 4.61. The zero-order valence-electron chi connectivity index (χ0n) is 5.77. The molecule has 0 aliphatic carbocycles. The molecule has 5 nitrogen and oxygen atoms in total. The molecule has 1 heterocycles. The van der Waals surface area contributed by atoms with Crippen LogP contribution in [-0.2, 0) is 9.47 Å². The summed E-state index contributed by atoms with van der Waals surface area (Å²) in [6.45, 7) is 1.64. The maximum absolute atomic E-state index is 10.4. The van der Waals surface area contributed by atoms with E-state index in [2.05, 4.69) is 9.47 Å². The second-order valence-corrected chi connectivity index (χ2v) is 2.16. The van der Waals surface area contributed by atoms with E-state index in [1.165, 1.54) is 7.05 Å². The molecule has 1 aliphatic rings. The van der Waals surface area contributed by atoms with Gasteiger partial charge in [0.2, 0.25) is 6.23 Å². The lowest BCUT2D eigenvalue weighted by atomic mass is 10.4. The first kappa shape index (κ1) is 7.30. The summed E-state index contributed by atoms with van der Waals surface area (Å²) in [5, 5.41) is 9.62. The first-order valence-electron chi connectivity index (χ1n) is 2.90. The lowest BCUT2D eigenvalue weighted by molar-refractivity contribution is -0.174. The molecule has 1 N–H and O–H groups in total. The maximum atomic E-state index is 10.4. The largest absolute Gasteiger partial charge is 0.510 e. The zero-order valence-corrected chi connectivity index (χ0v) is 5.77. The van der Waals surface area contributed by atoms with E-state index in [1.807, 2.05) is 0 Å². The highest BCUT2D eigenvalue weighted by molar-refractivity contribution is 5.62. The Kier molecular flexibility index (Phi) is 1.78. The Bertz CT molecular complexity index is 147. The SMILES string of the molecule is CC1OC(=O)OC1N(C)O. The first-order valence-corrected chi connectivity index (χ1v) is 2.90. The number of rotatable bonds is 1. The molecule has 1 rings (SSSR count). The van der Waals surface area contributed by atoms with Gasteiger partial charge in [0.1, 0.15) is 0 Å². The van der Waals surface area contributed by atoms with Crippen LogP contribution in [0.1, 0.15) is 6.92 Å². The van der Waals surface area contributed by atoms with Crippen LogP contribution in [0.4, 0.5) is 4.79 Å². The van der Waals surface area contributed by atoms with Crippen LogP contribution < -0.4 is 0 Å². The van der Waals surface area contributed by atoms with E-state index in [0.29, 0.717) is 0 Å². The van der Waals surface area contributed by atoms with Crippen LogP contribution in [0.5, 0.6) is 0 Å². The molecule has 0 saturated carbocycles. The Morgan fingerprint density at radius 2 is 2.20 bits per heavy atom. The predicted molar refractivity (Wildman–Crippen MR) is 30.4 cm³/mol. The smallest absolute Gasteiger partial charge is 0.426 e. The quantitative estimate of drug-likeness (QED) is 0.423. The lowest BCUT2D eigenvalue weighted by Crippen LogP contribution is -2.35. The Morgan fingerprint density at radius 1 is 1.60 bits per heavy atom. The fourth-order valence-corrected chi connectivity index (χ4v) is 0.812. The van der Waals surface area contributed by atoms with Crippen molar-refractivity contribution in [2.24, 2.45) is 0 Å². The van der Waals surface area contributed by atoms with Crippen molar-refractivity contribution in [3.05, 3.63) is 0 Å². The van der Waals surface area contributed by atoms with Gasteiger partial charge < -0.3 is 14.7 Å². The van der Waals surface area contributed by atoms with Crippen molar-refractivity contribution < 1.29 is 19.5 Å². The summed E-state index contributed by atoms with van der Waals surface area (Å²) in [5.74, 6) is 0. The third-order valence-electron chi connectivity index (χ3n) is 1.27. The molecule has 0 spiro atoms. The van der Waals surface area contributed by atoms with Crippen LogP contribution >= 0.6 is 0 Å². The summed E-state index contributed by atoms with van der Waals surface area (Å²) < 4.78 is 9.12. The van der Waals surface area contributed by atoms with E-state index in [4.69, 9.17) is 5.21 Å². The van der Waals surface area contributed by atoms with E-state index < -0.39 is 18.5 Å². The summed E-state index contributed by atoms with van der Waals surface area (Å²) in [4.78, 5) is 10.4. The maximum Gasteiger partial charge on any atom is 0.510 e. The molecule has 1 saturated heterocycles. The molecule has 0 aromatic heterocycles. The monoisotopic (exact) mass is 147 g/mol. The Balaban J connectivity index is 2.54. The second-order valence-electron chi connectivity index (χ2n) is 2.16. The second kappa shape index (κ2) is 2.43. The van der Waals surface area contributed by atoms with Crippen molar-refractivity contribution in [1.82, 2.24) is 5.06 Å². The standard InChI is InChI=1S/C5H9NO4/c1-3-4(6(2)8)10-5(7)9-3/h3-4,8H,1-2H3. The van der Waals surface area contributed by atoms with Crippen molar-refractivity contribution in [1.29, 1.82) is 0 Å². The minimum atomic E-state index is -0.738. The van der Waals surface area contributed by atoms with Gasteiger partial charge in [0.25, 0.3) is 0 Å². The molecule has 1 fully saturated rings. The topological polar surface area (TPSA) is 59.0 Å². The summed E-state index contributed by atoms with van der Waals surface area (Å²) >= 11 is 0. The van der Waals surface area contributed by atoms with Crippen LogP contribution in [0.3, 0.4) is 0 Å². The van der Waals surface area contributed by atoms with E-state index in [9.17, 15) is 4.79 Å². The highest BCUT2D eigenvalue weighted by atomic mass is 16.8. The van der Waals surface area contributed by atoms with Crippen LogP contribution in [0.15, 0.2) is 0 Å². The van der Waals surface area contributed by atoms with Crippen LogP contribution in [0.25, 0.3) is 0 Å². The lowest BCUT2D eigenvalue weighted by Gasteiger charge is -2.16. The number of hydrogen-bond acceptors (Lipinski definition) is 5. The molecule has 5 heteroatoms. The third kappa shape index (κ3) is 1.19. The van der Waals surface area contributed by atoms with Gasteiger partial charge in [0.15, 0.2) is 6.10 Å². The molecule has 2 atom stereocenters. The number of cyclic esters (lactones) is 2. The number of likely N-dealkylation sites (N-methyl/N-ethyl adjacent to an activating group) is 1. The summed E-state index contributed by atoms with van der Waals surface area (Å²) in [5.41, 5.74) is 0. The van der Waals surface area contributed by atoms with Crippen LogP contribution in [0.2, 0.25) is 0 Å². The van der Waals surface area contributed by atoms with Crippen LogP contribution in [0, 0.1) is 0 Å². The molecule has 1 aliphatic heterocycles. The number of hydroxylamine groups is 2. The van der Waals surface area contributed by atoms with Gasteiger partial charge >= 0.3 is 6.16 Å². The normalized spacial score (nSPS) is 32.2. The number of carbonyl (C=O) groups excluding carboxylic acids is 1. The average molecular weight is 147 g/mol. The minimum Gasteiger partial charge on any atom is -0.426 e. The summed E-state index contributed by atoms with van der Waals surface area (Å²) in [6.07, 6.45) is -1.83. The van der Waals surface area contributed by atoms with E-state index in [0.717, 1.165) is 5.06 Å². The van der Waals surface area contributed by atoms with Gasteiger partial charge in [0.05, 0.1) is 0 Å². The van der Waals surface area contributed by atoms with Crippen molar-refractivity contribution in [3.8, 4) is 0 Å². The predicted octanol–water partition coefficient (Wildman–Crippen LogP) is 0.189. The number of nitrogens with zero attached hydrogens (tertiary/aromatic N) is 1. The van der Waals surface area contributed by atoms with E-state index in [-0.39, 0.29) is 0 Å². The number of ether oxygens (including phenoxy) is 2. The fourth-order valence-electron chi connectivity index (χ4n) is 0.812. The molecular formula is C5H9NO4. The zero-order chi connectivity index (χ0) is 7.72. The Labute approximate surface area is 58.1 Å². The minimum absolute atomic E-state index is 0.414. The van der Waals surface area contributed by atoms with Gasteiger partial charge in [-0.3, -0.25) is 0 Å². The van der Waals surface area contributed by atoms with Crippen LogP contribution in [-0.4, -0.2) is 35.8 Å². The van der Waals surface area contributed by atoms with Gasteiger partial charge in [-0.25, -0.2) is 4.79 Å². The summed E-state index contributed by atoms with van der Waals surface area (Å²) in [6, 6.07) is 0. The fraction of sp³-hybridized carbons (Fsp3) is 0.800. The van der Waals surface area contributed by atoms with E-state index >= 15 is 0 Å². The summed E-state index contributed by atoms with van der Waals surface area (Å²) in [7, 11) is 1.39. The van der Waals surface area contributed by atoms with Crippen molar-refractivity contribution in [2.75, 3.05) is 7.05 Å². The molecule has 0 bridgehead atoms. The molecule has 0 aromatic rings. The van der Waals surface area contributed by atoms with Crippen molar-refractivity contribution in [3.63, 3.8) is 0 Å². The van der Waals surface area contributed by atoms with Gasteiger partial charge in [-0.1, -0.05) is 0 Å². The average Bonchev–Trinajstić information content (AvgIpc) is 2.10. The Morgan fingerprint density at radius 3 is 2.40 bits per heavy atom. The number of carbonyl (C=O) groups is 1. The Hall–Kier alpha value is -0.810. The highest BCUT2D eigenvalue weighted by Crippen LogP contribution is 2.15. The molecule has 10 heavy (non-hydrogen) atoms. The highest BCUT2D eigenvalue weighted by Gasteiger charge is 2.35. The van der Waals surface area contributed by atoms with Gasteiger partial charge in [0, 0.05) is 7.05 Å². The third-order valence-corrected chi connectivity index (χ3v) is 1.27. The molecule has 0 aromatic carbocycles.